The third kappa shape index (κ3) is 1.71. The van der Waals surface area contributed by atoms with Crippen molar-refractivity contribution in [2.24, 2.45) is 0 Å². The van der Waals surface area contributed by atoms with Crippen molar-refractivity contribution in [2.45, 2.75) is 13.0 Å². The van der Waals surface area contributed by atoms with Crippen LogP contribution in [0.3, 0.4) is 0 Å². The normalized spacial score (nSPS) is 12.8. The molecule has 7 nitrogen and oxygen atoms in total. The Hall–Kier alpha value is -2.44. The predicted octanol–water partition coefficient (Wildman–Crippen LogP) is 1.02. The molecule has 0 aliphatic carbocycles. The zero-order chi connectivity index (χ0) is 11.7. The highest BCUT2D eigenvalue weighted by atomic mass is 15.5. The van der Waals surface area contributed by atoms with E-state index in [1.807, 2.05) is 35.7 Å². The Balaban J connectivity index is 1.92. The predicted molar refractivity (Wildman–Crippen MR) is 61.4 cm³/mol. The average Bonchev–Trinajstić information content (AvgIpc) is 3.00. The van der Waals surface area contributed by atoms with Crippen LogP contribution in [0.5, 0.6) is 0 Å². The molecule has 2 N–H and O–H groups in total. The first-order valence-electron chi connectivity index (χ1n) is 5.26. The molecule has 0 aromatic carbocycles. The first kappa shape index (κ1) is 9.76. The molecule has 0 aliphatic heterocycles. The number of rotatable bonds is 3. The van der Waals surface area contributed by atoms with E-state index < -0.39 is 0 Å². The number of aromatic nitrogens is 6. The van der Waals surface area contributed by atoms with Crippen LogP contribution in [0.4, 0.5) is 5.82 Å². The number of hydrogen-bond acceptors (Lipinski definition) is 5. The van der Waals surface area contributed by atoms with E-state index in [1.54, 1.807) is 6.20 Å². The summed E-state index contributed by atoms with van der Waals surface area (Å²) in [5.74, 6) is 1.57. The van der Waals surface area contributed by atoms with Crippen molar-refractivity contribution in [1.82, 2.24) is 30.0 Å². The van der Waals surface area contributed by atoms with Crippen LogP contribution in [0.2, 0.25) is 0 Å². The van der Waals surface area contributed by atoms with E-state index in [-0.39, 0.29) is 6.04 Å². The number of aromatic amines is 1. The van der Waals surface area contributed by atoms with Gasteiger partial charge in [0.05, 0.1) is 6.04 Å². The fourth-order valence-electron chi connectivity index (χ4n) is 1.70. The number of H-pyrrole nitrogens is 1. The van der Waals surface area contributed by atoms with E-state index in [0.717, 1.165) is 11.5 Å². The van der Waals surface area contributed by atoms with Crippen molar-refractivity contribution in [3.8, 4) is 0 Å². The van der Waals surface area contributed by atoms with Gasteiger partial charge in [0.2, 0.25) is 0 Å². The van der Waals surface area contributed by atoms with Gasteiger partial charge in [-0.2, -0.15) is 5.21 Å². The molecule has 3 rings (SSSR count). The lowest BCUT2D eigenvalue weighted by molar-refractivity contribution is 0.785. The molecule has 0 radical (unpaired) electrons. The Bertz CT molecular complexity index is 612. The summed E-state index contributed by atoms with van der Waals surface area (Å²) >= 11 is 0. The third-order valence-corrected chi connectivity index (χ3v) is 2.54. The molecular formula is C10H11N7. The number of pyridine rings is 1. The summed E-state index contributed by atoms with van der Waals surface area (Å²) in [6.45, 7) is 1.97. The molecule has 7 heteroatoms. The summed E-state index contributed by atoms with van der Waals surface area (Å²) in [6.07, 6.45) is 3.67. The van der Waals surface area contributed by atoms with Crippen LogP contribution in [0.15, 0.2) is 30.6 Å². The molecule has 0 spiro atoms. The number of anilines is 1. The monoisotopic (exact) mass is 229 g/mol. The van der Waals surface area contributed by atoms with Crippen molar-refractivity contribution >= 4 is 11.5 Å². The molecule has 3 aromatic rings. The molecule has 0 saturated heterocycles. The first-order valence-corrected chi connectivity index (χ1v) is 5.26. The standard InChI is InChI=1S/C10H11N7/c1-7(10-13-15-16-14-10)12-9-4-2-3-8-11-5-6-17(8)9/h2-7,12H,1H3,(H,13,14,15,16). The lowest BCUT2D eigenvalue weighted by Gasteiger charge is -2.12. The maximum absolute atomic E-state index is 4.22. The number of fused-ring (bicyclic) bond motifs is 1. The van der Waals surface area contributed by atoms with Crippen molar-refractivity contribution in [3.05, 3.63) is 36.4 Å². The topological polar surface area (TPSA) is 83.8 Å². The lowest BCUT2D eigenvalue weighted by atomic mass is 10.3. The fourth-order valence-corrected chi connectivity index (χ4v) is 1.70. The highest BCUT2D eigenvalue weighted by Gasteiger charge is 2.11. The second kappa shape index (κ2) is 3.85. The fraction of sp³-hybridized carbons (Fsp3) is 0.200. The molecule has 3 aromatic heterocycles. The van der Waals surface area contributed by atoms with Gasteiger partial charge in [-0.3, -0.25) is 4.40 Å². The van der Waals surface area contributed by atoms with E-state index in [9.17, 15) is 0 Å². The van der Waals surface area contributed by atoms with Gasteiger partial charge in [-0.1, -0.05) is 11.3 Å². The van der Waals surface area contributed by atoms with Crippen LogP contribution in [0, 0.1) is 0 Å². The van der Waals surface area contributed by atoms with E-state index in [0.29, 0.717) is 5.82 Å². The van der Waals surface area contributed by atoms with Gasteiger partial charge in [-0.25, -0.2) is 4.98 Å². The molecule has 0 bridgehead atoms. The smallest absolute Gasteiger partial charge is 0.196 e. The highest BCUT2D eigenvalue weighted by molar-refractivity contribution is 5.50. The minimum atomic E-state index is -0.0262. The van der Waals surface area contributed by atoms with Crippen molar-refractivity contribution < 1.29 is 0 Å². The van der Waals surface area contributed by atoms with Crippen LogP contribution in [-0.2, 0) is 0 Å². The van der Waals surface area contributed by atoms with Gasteiger partial charge in [-0.05, 0) is 19.1 Å². The zero-order valence-corrected chi connectivity index (χ0v) is 9.20. The van der Waals surface area contributed by atoms with E-state index in [2.05, 4.69) is 30.9 Å². The maximum Gasteiger partial charge on any atom is 0.196 e. The van der Waals surface area contributed by atoms with Crippen molar-refractivity contribution in [1.29, 1.82) is 0 Å². The number of tetrazole rings is 1. The van der Waals surface area contributed by atoms with Gasteiger partial charge in [0.1, 0.15) is 11.5 Å². The van der Waals surface area contributed by atoms with Crippen LogP contribution >= 0.6 is 0 Å². The molecule has 1 unspecified atom stereocenters. The summed E-state index contributed by atoms with van der Waals surface area (Å²) in [7, 11) is 0. The molecule has 0 fully saturated rings. The van der Waals surface area contributed by atoms with Crippen LogP contribution in [-0.4, -0.2) is 30.0 Å². The minimum Gasteiger partial charge on any atom is -0.361 e. The molecule has 1 atom stereocenters. The number of nitrogens with one attached hydrogen (secondary N) is 2. The average molecular weight is 229 g/mol. The summed E-state index contributed by atoms with van der Waals surface area (Å²) in [5.41, 5.74) is 0.898. The molecule has 0 amide bonds. The van der Waals surface area contributed by atoms with Crippen molar-refractivity contribution in [3.63, 3.8) is 0 Å². The molecule has 0 saturated carbocycles. The van der Waals surface area contributed by atoms with Crippen LogP contribution < -0.4 is 5.32 Å². The Morgan fingerprint density at radius 1 is 1.41 bits per heavy atom. The minimum absolute atomic E-state index is 0.0262. The van der Waals surface area contributed by atoms with Crippen LogP contribution in [0.25, 0.3) is 5.65 Å². The molecule has 0 aliphatic rings. The first-order chi connectivity index (χ1) is 8.34. The van der Waals surface area contributed by atoms with Crippen LogP contribution in [0.1, 0.15) is 18.8 Å². The zero-order valence-electron chi connectivity index (χ0n) is 9.20. The summed E-state index contributed by atoms with van der Waals surface area (Å²) in [5, 5.41) is 17.2. The molecule has 17 heavy (non-hydrogen) atoms. The lowest BCUT2D eigenvalue weighted by Crippen LogP contribution is -2.11. The quantitative estimate of drug-likeness (QED) is 0.700. The number of hydrogen-bond donors (Lipinski definition) is 2. The number of imidazole rings is 1. The summed E-state index contributed by atoms with van der Waals surface area (Å²) < 4.78 is 1.97. The van der Waals surface area contributed by atoms with E-state index >= 15 is 0 Å². The van der Waals surface area contributed by atoms with Gasteiger partial charge in [0.15, 0.2) is 5.82 Å². The summed E-state index contributed by atoms with van der Waals surface area (Å²) in [6, 6.07) is 5.85. The maximum atomic E-state index is 4.22. The van der Waals surface area contributed by atoms with E-state index in [4.69, 9.17) is 0 Å². The van der Waals surface area contributed by atoms with Gasteiger partial charge in [-0.15, -0.1) is 10.2 Å². The van der Waals surface area contributed by atoms with Crippen molar-refractivity contribution in [2.75, 3.05) is 5.32 Å². The molecule has 3 heterocycles. The second-order valence-electron chi connectivity index (χ2n) is 3.70. The second-order valence-corrected chi connectivity index (χ2v) is 3.70. The Labute approximate surface area is 96.9 Å². The van der Waals surface area contributed by atoms with Gasteiger partial charge >= 0.3 is 0 Å². The van der Waals surface area contributed by atoms with Gasteiger partial charge in [0.25, 0.3) is 0 Å². The van der Waals surface area contributed by atoms with E-state index in [1.165, 1.54) is 0 Å². The summed E-state index contributed by atoms with van der Waals surface area (Å²) in [4.78, 5) is 4.22. The highest BCUT2D eigenvalue weighted by Crippen LogP contribution is 2.16. The van der Waals surface area contributed by atoms with Gasteiger partial charge < -0.3 is 5.32 Å². The Morgan fingerprint density at radius 2 is 2.35 bits per heavy atom. The SMILES string of the molecule is CC(Nc1cccc2nccn12)c1nn[nH]n1. The largest absolute Gasteiger partial charge is 0.361 e. The molecular weight excluding hydrogens is 218 g/mol. The third-order valence-electron chi connectivity index (χ3n) is 2.54. The molecule has 86 valence electrons. The van der Waals surface area contributed by atoms with Gasteiger partial charge in [0, 0.05) is 12.4 Å². The Kier molecular flexibility index (Phi) is 2.21. The Morgan fingerprint density at radius 3 is 3.18 bits per heavy atom. The number of nitrogens with zero attached hydrogens (tertiary/aromatic N) is 5.